The predicted molar refractivity (Wildman–Crippen MR) is 75.0 cm³/mol. The van der Waals surface area contributed by atoms with E-state index in [9.17, 15) is 17.9 Å². The average Bonchev–Trinajstić information content (AvgIpc) is 3.20. The van der Waals surface area contributed by atoms with Crippen molar-refractivity contribution in [3.05, 3.63) is 29.6 Å². The van der Waals surface area contributed by atoms with Gasteiger partial charge in [0.1, 0.15) is 0 Å². The van der Waals surface area contributed by atoms with E-state index in [2.05, 4.69) is 4.18 Å². The van der Waals surface area contributed by atoms with Gasteiger partial charge in [0.2, 0.25) is 0 Å². The Balaban J connectivity index is 2.00. The molecule has 0 radical (unpaired) electrons. The van der Waals surface area contributed by atoms with Crippen LogP contribution in [0.25, 0.3) is 0 Å². The van der Waals surface area contributed by atoms with Crippen molar-refractivity contribution < 1.29 is 26.8 Å². The van der Waals surface area contributed by atoms with Crippen molar-refractivity contribution in [3.63, 3.8) is 0 Å². The van der Waals surface area contributed by atoms with Gasteiger partial charge in [-0.05, 0) is 30.5 Å². The van der Waals surface area contributed by atoms with E-state index < -0.39 is 28.0 Å². The monoisotopic (exact) mass is 318 g/mol. The molecule has 1 N–H and O–H groups in total. The zero-order valence-corrected chi connectivity index (χ0v) is 12.8. The van der Waals surface area contributed by atoms with Crippen LogP contribution in [-0.2, 0) is 14.3 Å². The van der Waals surface area contributed by atoms with Crippen LogP contribution in [0.3, 0.4) is 0 Å². The van der Waals surface area contributed by atoms with Crippen molar-refractivity contribution >= 4 is 10.1 Å². The molecule has 21 heavy (non-hydrogen) atoms. The molecule has 0 spiro atoms. The number of aliphatic hydroxyl groups is 1. The van der Waals surface area contributed by atoms with Crippen LogP contribution in [0.5, 0.6) is 5.75 Å². The lowest BCUT2D eigenvalue weighted by Crippen LogP contribution is -2.18. The number of benzene rings is 1. The van der Waals surface area contributed by atoms with Gasteiger partial charge < -0.3 is 9.84 Å². The topological polar surface area (TPSA) is 72.8 Å². The molecule has 0 unspecified atom stereocenters. The first-order chi connectivity index (χ1) is 9.76. The molecule has 1 fully saturated rings. The molecule has 7 heteroatoms. The molecule has 1 aromatic rings. The van der Waals surface area contributed by atoms with Crippen molar-refractivity contribution in [2.75, 3.05) is 12.9 Å². The summed E-state index contributed by atoms with van der Waals surface area (Å²) in [6.45, 7) is 1.46. The summed E-state index contributed by atoms with van der Waals surface area (Å²) in [5.41, 5.74) is 0.361. The maximum Gasteiger partial charge on any atom is 0.264 e. The highest BCUT2D eigenvalue weighted by Crippen LogP contribution is 2.31. The summed E-state index contributed by atoms with van der Waals surface area (Å²) in [4.78, 5) is 0. The normalized spacial score (nSPS) is 18.3. The van der Waals surface area contributed by atoms with Crippen LogP contribution in [0.1, 0.15) is 31.4 Å². The third-order valence-electron chi connectivity index (χ3n) is 3.20. The summed E-state index contributed by atoms with van der Waals surface area (Å²) < 4.78 is 45.7. The van der Waals surface area contributed by atoms with Crippen LogP contribution in [-0.4, -0.2) is 32.5 Å². The van der Waals surface area contributed by atoms with E-state index in [0.717, 1.165) is 19.1 Å². The molecule has 1 saturated carbocycles. The number of rotatable bonds is 7. The van der Waals surface area contributed by atoms with Gasteiger partial charge in [-0.3, -0.25) is 4.18 Å². The molecule has 0 amide bonds. The fourth-order valence-corrected chi connectivity index (χ4v) is 2.27. The summed E-state index contributed by atoms with van der Waals surface area (Å²) in [6.07, 6.45) is 1.89. The summed E-state index contributed by atoms with van der Waals surface area (Å²) >= 11 is 0. The molecule has 2 atom stereocenters. The van der Waals surface area contributed by atoms with Gasteiger partial charge in [0.25, 0.3) is 10.1 Å². The molecule has 2 rings (SSSR count). The predicted octanol–water partition coefficient (Wildman–Crippen LogP) is 2.01. The van der Waals surface area contributed by atoms with Crippen molar-refractivity contribution in [2.45, 2.75) is 32.0 Å². The van der Waals surface area contributed by atoms with Gasteiger partial charge >= 0.3 is 0 Å². The van der Waals surface area contributed by atoms with Crippen molar-refractivity contribution in [3.8, 4) is 5.75 Å². The Hall–Kier alpha value is -1.18. The molecule has 1 aromatic carbocycles. The molecule has 0 aromatic heterocycles. The smallest absolute Gasteiger partial charge is 0.264 e. The third-order valence-corrected chi connectivity index (χ3v) is 3.76. The second kappa shape index (κ2) is 6.29. The van der Waals surface area contributed by atoms with E-state index in [1.807, 2.05) is 0 Å². The molecule has 5 nitrogen and oxygen atoms in total. The van der Waals surface area contributed by atoms with Gasteiger partial charge in [0, 0.05) is 5.92 Å². The van der Waals surface area contributed by atoms with Crippen LogP contribution in [0, 0.1) is 11.7 Å². The lowest BCUT2D eigenvalue weighted by Gasteiger charge is -2.19. The van der Waals surface area contributed by atoms with E-state index in [4.69, 9.17) is 4.74 Å². The van der Waals surface area contributed by atoms with Crippen molar-refractivity contribution in [1.82, 2.24) is 0 Å². The lowest BCUT2D eigenvalue weighted by molar-refractivity contribution is 0.0863. The van der Waals surface area contributed by atoms with E-state index in [-0.39, 0.29) is 18.5 Å². The van der Waals surface area contributed by atoms with E-state index in [0.29, 0.717) is 5.56 Å². The Bertz CT molecular complexity index is 597. The number of aliphatic hydroxyl groups excluding tert-OH is 1. The number of ether oxygens (including phenoxy) is 1. The van der Waals surface area contributed by atoms with Crippen LogP contribution >= 0.6 is 0 Å². The second-order valence-electron chi connectivity index (χ2n) is 5.42. The zero-order chi connectivity index (χ0) is 15.6. The molecule has 1 aliphatic rings. The fourth-order valence-electron chi connectivity index (χ4n) is 1.81. The first-order valence-electron chi connectivity index (χ1n) is 6.75. The molecule has 0 bridgehead atoms. The first-order valence-corrected chi connectivity index (χ1v) is 8.56. The quantitative estimate of drug-likeness (QED) is 0.779. The fraction of sp³-hybridized carbons (Fsp3) is 0.571. The highest BCUT2D eigenvalue weighted by atomic mass is 32.2. The summed E-state index contributed by atoms with van der Waals surface area (Å²) in [7, 11) is -3.56. The summed E-state index contributed by atoms with van der Waals surface area (Å²) in [6, 6.07) is 4.26. The average molecular weight is 318 g/mol. The highest BCUT2D eigenvalue weighted by Gasteiger charge is 2.25. The maximum absolute atomic E-state index is 13.9. The second-order valence-corrected chi connectivity index (χ2v) is 7.06. The minimum Gasteiger partial charge on any atom is -0.487 e. The highest BCUT2D eigenvalue weighted by molar-refractivity contribution is 7.85. The zero-order valence-electron chi connectivity index (χ0n) is 12.0. The molecular formula is C14H19FO5S. The number of halogens is 1. The molecule has 0 saturated heterocycles. The van der Waals surface area contributed by atoms with Gasteiger partial charge in [-0.25, -0.2) is 4.39 Å². The van der Waals surface area contributed by atoms with Crippen molar-refractivity contribution in [1.29, 1.82) is 0 Å². The van der Waals surface area contributed by atoms with E-state index in [1.165, 1.54) is 12.1 Å². The Labute approximate surface area is 123 Å². The van der Waals surface area contributed by atoms with Crippen LogP contribution in [0.4, 0.5) is 4.39 Å². The van der Waals surface area contributed by atoms with Gasteiger partial charge in [-0.1, -0.05) is 13.0 Å². The Morgan fingerprint density at radius 1 is 1.43 bits per heavy atom. The van der Waals surface area contributed by atoms with Crippen LogP contribution in [0.2, 0.25) is 0 Å². The summed E-state index contributed by atoms with van der Waals surface area (Å²) in [5, 5.41) is 10.1. The van der Waals surface area contributed by atoms with Crippen LogP contribution < -0.4 is 4.74 Å². The lowest BCUT2D eigenvalue weighted by atomic mass is 9.98. The van der Waals surface area contributed by atoms with Crippen molar-refractivity contribution in [2.24, 2.45) is 5.92 Å². The Morgan fingerprint density at radius 3 is 2.62 bits per heavy atom. The van der Waals surface area contributed by atoms with Gasteiger partial charge in [-0.2, -0.15) is 8.42 Å². The molecule has 118 valence electrons. The SMILES string of the molecule is C[C@H](COS(C)(=O)=O)[C@H](O)c1ccc(OC2CC2)c(F)c1. The largest absolute Gasteiger partial charge is 0.487 e. The Kier molecular flexibility index (Phi) is 4.85. The van der Waals surface area contributed by atoms with E-state index in [1.54, 1.807) is 13.0 Å². The van der Waals surface area contributed by atoms with Gasteiger partial charge in [0.15, 0.2) is 11.6 Å². The number of hydrogen-bond donors (Lipinski definition) is 1. The molecule has 0 heterocycles. The molecule has 0 aliphatic heterocycles. The van der Waals surface area contributed by atoms with Crippen LogP contribution in [0.15, 0.2) is 18.2 Å². The minimum atomic E-state index is -3.56. The third kappa shape index (κ3) is 4.94. The maximum atomic E-state index is 13.9. The summed E-state index contributed by atoms with van der Waals surface area (Å²) in [5.74, 6) is -0.850. The Morgan fingerprint density at radius 2 is 2.10 bits per heavy atom. The standard InChI is InChI=1S/C14H19FO5S/c1-9(8-19-21(2,17)18)14(16)10-3-6-13(12(15)7-10)20-11-4-5-11/h3,6-7,9,11,14,16H,4-5,8H2,1-2H3/t9-,14+/m1/s1. The minimum absolute atomic E-state index is 0.0948. The van der Waals surface area contributed by atoms with E-state index >= 15 is 0 Å². The molecular weight excluding hydrogens is 299 g/mol. The number of hydrogen-bond acceptors (Lipinski definition) is 5. The molecule has 1 aliphatic carbocycles. The first kappa shape index (κ1) is 16.2. The van der Waals surface area contributed by atoms with Gasteiger partial charge in [0.05, 0.1) is 25.1 Å². The van der Waals surface area contributed by atoms with Gasteiger partial charge in [-0.15, -0.1) is 0 Å².